The fraction of sp³-hybridized carbons (Fsp3) is 0.0870. The predicted octanol–water partition coefficient (Wildman–Crippen LogP) is 5.07. The van der Waals surface area contributed by atoms with Crippen LogP contribution in [-0.4, -0.2) is 23.5 Å². The maximum absolute atomic E-state index is 12.1. The van der Waals surface area contributed by atoms with Crippen molar-refractivity contribution in [3.05, 3.63) is 83.9 Å². The van der Waals surface area contributed by atoms with Crippen molar-refractivity contribution in [3.8, 4) is 10.6 Å². The molecule has 1 amide bonds. The second kappa shape index (κ2) is 8.24. The molecule has 1 heterocycles. The van der Waals surface area contributed by atoms with Crippen LogP contribution in [0.4, 0.5) is 5.69 Å². The summed E-state index contributed by atoms with van der Waals surface area (Å²) in [6.07, 6.45) is 0. The van der Waals surface area contributed by atoms with Crippen LogP contribution in [0.5, 0.6) is 0 Å². The Morgan fingerprint density at radius 3 is 2.52 bits per heavy atom. The van der Waals surface area contributed by atoms with Gasteiger partial charge in [-0.3, -0.25) is 4.79 Å². The van der Waals surface area contributed by atoms with Gasteiger partial charge in [-0.25, -0.2) is 9.78 Å². The van der Waals surface area contributed by atoms with E-state index in [4.69, 9.17) is 4.74 Å². The standard InChI is InChI=1S/C23H18N2O3S/c1-15-7-12-19-20(13-15)29-22(25-19)16-8-10-18(11-9-16)24-21(26)14-28-23(27)17-5-3-2-4-6-17/h2-13H,14H2,1H3,(H,24,26). The van der Waals surface area contributed by atoms with Gasteiger partial charge < -0.3 is 10.1 Å². The van der Waals surface area contributed by atoms with E-state index in [1.807, 2.05) is 36.4 Å². The Bertz CT molecular complexity index is 1170. The Kier molecular flexibility index (Phi) is 5.35. The summed E-state index contributed by atoms with van der Waals surface area (Å²) in [4.78, 5) is 28.6. The van der Waals surface area contributed by atoms with Gasteiger partial charge in [0.05, 0.1) is 15.8 Å². The number of nitrogens with one attached hydrogen (secondary N) is 1. The minimum absolute atomic E-state index is 0.341. The number of fused-ring (bicyclic) bond motifs is 1. The van der Waals surface area contributed by atoms with E-state index in [-0.39, 0.29) is 6.61 Å². The van der Waals surface area contributed by atoms with Crippen LogP contribution in [0.25, 0.3) is 20.8 Å². The molecule has 4 aromatic rings. The van der Waals surface area contributed by atoms with Crippen LogP contribution in [0.2, 0.25) is 0 Å². The number of amides is 1. The summed E-state index contributed by atoms with van der Waals surface area (Å²) in [7, 11) is 0. The van der Waals surface area contributed by atoms with E-state index in [9.17, 15) is 9.59 Å². The maximum atomic E-state index is 12.1. The van der Waals surface area contributed by atoms with Crippen LogP contribution >= 0.6 is 11.3 Å². The lowest BCUT2D eigenvalue weighted by Crippen LogP contribution is -2.20. The van der Waals surface area contributed by atoms with Crippen molar-refractivity contribution in [1.29, 1.82) is 0 Å². The Morgan fingerprint density at radius 1 is 1.00 bits per heavy atom. The zero-order valence-electron chi connectivity index (χ0n) is 15.7. The van der Waals surface area contributed by atoms with E-state index >= 15 is 0 Å². The molecule has 3 aromatic carbocycles. The summed E-state index contributed by atoms with van der Waals surface area (Å²) in [5.74, 6) is -0.917. The van der Waals surface area contributed by atoms with Gasteiger partial charge in [0.15, 0.2) is 6.61 Å². The van der Waals surface area contributed by atoms with Crippen LogP contribution in [0, 0.1) is 6.92 Å². The van der Waals surface area contributed by atoms with Crippen molar-refractivity contribution >= 4 is 39.1 Å². The summed E-state index contributed by atoms with van der Waals surface area (Å²) < 4.78 is 6.19. The van der Waals surface area contributed by atoms with Gasteiger partial charge in [-0.15, -0.1) is 11.3 Å². The highest BCUT2D eigenvalue weighted by atomic mass is 32.1. The molecule has 0 unspecified atom stereocenters. The molecule has 0 aliphatic rings. The molecule has 0 spiro atoms. The molecule has 1 aromatic heterocycles. The highest BCUT2D eigenvalue weighted by Crippen LogP contribution is 2.31. The van der Waals surface area contributed by atoms with Crippen LogP contribution in [0.15, 0.2) is 72.8 Å². The second-order valence-corrected chi connectivity index (χ2v) is 7.59. The average molecular weight is 402 g/mol. The molecular formula is C23H18N2O3S. The number of carbonyl (C=O) groups excluding carboxylic acids is 2. The lowest BCUT2D eigenvalue weighted by molar-refractivity contribution is -0.119. The molecule has 6 heteroatoms. The Morgan fingerprint density at radius 2 is 1.76 bits per heavy atom. The fourth-order valence-corrected chi connectivity index (χ4v) is 3.91. The Hall–Kier alpha value is -3.51. The second-order valence-electron chi connectivity index (χ2n) is 6.56. The zero-order valence-corrected chi connectivity index (χ0v) is 16.5. The molecule has 4 rings (SSSR count). The molecular weight excluding hydrogens is 384 g/mol. The molecule has 0 aliphatic heterocycles. The third-order valence-electron chi connectivity index (χ3n) is 4.30. The molecule has 0 atom stereocenters. The number of ether oxygens (including phenoxy) is 1. The first-order valence-electron chi connectivity index (χ1n) is 9.08. The normalized spacial score (nSPS) is 10.7. The molecule has 29 heavy (non-hydrogen) atoms. The zero-order chi connectivity index (χ0) is 20.2. The molecule has 1 N–H and O–H groups in total. The summed E-state index contributed by atoms with van der Waals surface area (Å²) in [6, 6.07) is 22.2. The van der Waals surface area contributed by atoms with E-state index in [1.54, 1.807) is 35.6 Å². The third-order valence-corrected chi connectivity index (χ3v) is 5.37. The molecule has 0 saturated carbocycles. The number of hydrogen-bond acceptors (Lipinski definition) is 5. The number of nitrogens with zero attached hydrogens (tertiary/aromatic N) is 1. The highest BCUT2D eigenvalue weighted by Gasteiger charge is 2.11. The number of hydrogen-bond donors (Lipinski definition) is 1. The number of benzene rings is 3. The smallest absolute Gasteiger partial charge is 0.338 e. The van der Waals surface area contributed by atoms with Crippen LogP contribution in [0.3, 0.4) is 0 Å². The summed E-state index contributed by atoms with van der Waals surface area (Å²) in [6.45, 7) is 1.72. The van der Waals surface area contributed by atoms with Gasteiger partial charge in [0.1, 0.15) is 5.01 Å². The highest BCUT2D eigenvalue weighted by molar-refractivity contribution is 7.21. The van der Waals surface area contributed by atoms with Gasteiger partial charge >= 0.3 is 5.97 Å². The number of rotatable bonds is 5. The molecule has 0 aliphatic carbocycles. The molecule has 0 bridgehead atoms. The monoisotopic (exact) mass is 402 g/mol. The summed E-state index contributed by atoms with van der Waals surface area (Å²) in [5.41, 5.74) is 4.21. The molecule has 0 radical (unpaired) electrons. The van der Waals surface area contributed by atoms with E-state index in [2.05, 4.69) is 29.4 Å². The molecule has 0 saturated heterocycles. The predicted molar refractivity (Wildman–Crippen MR) is 115 cm³/mol. The number of anilines is 1. The van der Waals surface area contributed by atoms with Crippen molar-refractivity contribution in [2.75, 3.05) is 11.9 Å². The van der Waals surface area contributed by atoms with Crippen molar-refractivity contribution in [2.45, 2.75) is 6.92 Å². The first-order valence-corrected chi connectivity index (χ1v) is 9.90. The van der Waals surface area contributed by atoms with Crippen LogP contribution in [0.1, 0.15) is 15.9 Å². The van der Waals surface area contributed by atoms with Crippen molar-refractivity contribution in [3.63, 3.8) is 0 Å². The van der Waals surface area contributed by atoms with Crippen LogP contribution in [-0.2, 0) is 9.53 Å². The largest absolute Gasteiger partial charge is 0.452 e. The number of carbonyl (C=O) groups is 2. The molecule has 5 nitrogen and oxygen atoms in total. The maximum Gasteiger partial charge on any atom is 0.338 e. The number of aryl methyl sites for hydroxylation is 1. The first-order chi connectivity index (χ1) is 14.1. The SMILES string of the molecule is Cc1ccc2nc(-c3ccc(NC(=O)COC(=O)c4ccccc4)cc3)sc2c1. The molecule has 144 valence electrons. The lowest BCUT2D eigenvalue weighted by atomic mass is 10.2. The third kappa shape index (κ3) is 4.50. The number of aromatic nitrogens is 1. The number of esters is 1. The molecule has 0 fully saturated rings. The fourth-order valence-electron chi connectivity index (χ4n) is 2.84. The first kappa shape index (κ1) is 18.8. The number of thiazole rings is 1. The van der Waals surface area contributed by atoms with Gasteiger partial charge in [0, 0.05) is 11.3 Å². The van der Waals surface area contributed by atoms with E-state index in [1.165, 1.54) is 5.56 Å². The van der Waals surface area contributed by atoms with Gasteiger partial charge in [-0.1, -0.05) is 24.3 Å². The lowest BCUT2D eigenvalue weighted by Gasteiger charge is -2.07. The van der Waals surface area contributed by atoms with Crippen molar-refractivity contribution in [2.24, 2.45) is 0 Å². The quantitative estimate of drug-likeness (QED) is 0.474. The van der Waals surface area contributed by atoms with Gasteiger partial charge in [-0.05, 0) is 61.0 Å². The summed E-state index contributed by atoms with van der Waals surface area (Å²) >= 11 is 1.64. The summed E-state index contributed by atoms with van der Waals surface area (Å²) in [5, 5.41) is 3.66. The van der Waals surface area contributed by atoms with E-state index in [0.29, 0.717) is 11.3 Å². The van der Waals surface area contributed by atoms with Gasteiger partial charge in [0.25, 0.3) is 5.91 Å². The van der Waals surface area contributed by atoms with E-state index < -0.39 is 11.9 Å². The van der Waals surface area contributed by atoms with Crippen molar-refractivity contribution in [1.82, 2.24) is 4.98 Å². The Labute approximate surface area is 172 Å². The van der Waals surface area contributed by atoms with E-state index in [0.717, 1.165) is 20.8 Å². The van der Waals surface area contributed by atoms with Gasteiger partial charge in [-0.2, -0.15) is 0 Å². The Balaban J connectivity index is 1.37. The topological polar surface area (TPSA) is 68.3 Å². The van der Waals surface area contributed by atoms with Crippen molar-refractivity contribution < 1.29 is 14.3 Å². The minimum atomic E-state index is -0.526. The van der Waals surface area contributed by atoms with Gasteiger partial charge in [0.2, 0.25) is 0 Å². The minimum Gasteiger partial charge on any atom is -0.452 e. The average Bonchev–Trinajstić information content (AvgIpc) is 3.16. The van der Waals surface area contributed by atoms with Crippen LogP contribution < -0.4 is 5.32 Å².